The number of carbonyl (C=O) groups excluding carboxylic acids is 1. The molecule has 2 N–H and O–H groups in total. The smallest absolute Gasteiger partial charge is 0.372 e. The SMILES string of the molecule is O=C1C[C@H](c2ccc(Cl)cc2)CC2=C1[C@H](c1ccc(C(F)(F)F)cc1)Nc1ccccc1N2. The van der Waals surface area contributed by atoms with Gasteiger partial charge in [0.05, 0.1) is 23.0 Å². The van der Waals surface area contributed by atoms with E-state index < -0.39 is 17.8 Å². The maximum Gasteiger partial charge on any atom is 0.416 e. The van der Waals surface area contributed by atoms with Gasteiger partial charge in [-0.05, 0) is 59.9 Å². The second kappa shape index (κ2) is 8.27. The predicted molar refractivity (Wildman–Crippen MR) is 123 cm³/mol. The molecule has 3 aromatic rings. The molecule has 5 rings (SSSR count). The number of rotatable bonds is 2. The van der Waals surface area contributed by atoms with Crippen molar-refractivity contribution in [3.8, 4) is 0 Å². The van der Waals surface area contributed by atoms with E-state index in [1.807, 2.05) is 48.5 Å². The third-order valence-electron chi connectivity index (χ3n) is 6.22. The molecule has 1 aliphatic carbocycles. The zero-order valence-electron chi connectivity index (χ0n) is 17.4. The first-order valence-electron chi connectivity index (χ1n) is 10.6. The van der Waals surface area contributed by atoms with Gasteiger partial charge in [-0.15, -0.1) is 0 Å². The highest BCUT2D eigenvalue weighted by Gasteiger charge is 2.36. The van der Waals surface area contributed by atoms with E-state index >= 15 is 0 Å². The van der Waals surface area contributed by atoms with E-state index in [9.17, 15) is 18.0 Å². The summed E-state index contributed by atoms with van der Waals surface area (Å²) in [7, 11) is 0. The molecule has 0 saturated carbocycles. The minimum Gasteiger partial charge on any atom is -0.372 e. The number of nitrogens with one attached hydrogen (secondary N) is 2. The Morgan fingerprint density at radius 3 is 2.12 bits per heavy atom. The Labute approximate surface area is 194 Å². The summed E-state index contributed by atoms with van der Waals surface area (Å²) in [5.74, 6) is -0.0477. The molecule has 0 spiro atoms. The molecule has 33 heavy (non-hydrogen) atoms. The first-order chi connectivity index (χ1) is 15.8. The maximum atomic E-state index is 13.4. The Balaban J connectivity index is 1.57. The van der Waals surface area contributed by atoms with Crippen LogP contribution in [0.1, 0.15) is 41.5 Å². The Bertz CT molecular complexity index is 1230. The standard InChI is InChI=1S/C26H20ClF3N2O/c27-19-11-7-15(8-12-19)17-13-22-24(23(33)14-17)25(32-21-4-2-1-3-20(21)31-22)16-5-9-18(10-6-16)26(28,29)30/h1-12,17,25,31-32H,13-14H2/t17-,25+/m1/s1. The molecule has 0 saturated heterocycles. The largest absolute Gasteiger partial charge is 0.416 e. The van der Waals surface area contributed by atoms with Crippen LogP contribution in [-0.2, 0) is 11.0 Å². The minimum absolute atomic E-state index is 0.0143. The van der Waals surface area contributed by atoms with Crippen LogP contribution in [0, 0.1) is 0 Å². The summed E-state index contributed by atoms with van der Waals surface area (Å²) < 4.78 is 39.3. The number of ketones is 1. The number of allylic oxidation sites excluding steroid dienone is 1. The van der Waals surface area contributed by atoms with Gasteiger partial charge in [-0.2, -0.15) is 13.2 Å². The number of para-hydroxylation sites is 2. The molecule has 0 amide bonds. The molecule has 0 radical (unpaired) electrons. The zero-order chi connectivity index (χ0) is 23.2. The lowest BCUT2D eigenvalue weighted by Gasteiger charge is -2.30. The van der Waals surface area contributed by atoms with E-state index in [4.69, 9.17) is 11.6 Å². The van der Waals surface area contributed by atoms with E-state index in [-0.39, 0.29) is 11.7 Å². The molecule has 0 aromatic heterocycles. The highest BCUT2D eigenvalue weighted by atomic mass is 35.5. The molecule has 2 atom stereocenters. The summed E-state index contributed by atoms with van der Waals surface area (Å²) in [5, 5.41) is 7.45. The Morgan fingerprint density at radius 1 is 0.818 bits per heavy atom. The molecule has 1 aliphatic heterocycles. The maximum absolute atomic E-state index is 13.4. The van der Waals surface area contributed by atoms with Crippen LogP contribution < -0.4 is 10.6 Å². The summed E-state index contributed by atoms with van der Waals surface area (Å²) >= 11 is 6.03. The minimum atomic E-state index is -4.42. The number of hydrogen-bond acceptors (Lipinski definition) is 3. The third kappa shape index (κ3) is 4.23. The number of halogens is 4. The Kier molecular flexibility index (Phi) is 5.41. The van der Waals surface area contributed by atoms with Crippen molar-refractivity contribution in [2.75, 3.05) is 10.6 Å². The normalized spacial score (nSPS) is 20.3. The lowest BCUT2D eigenvalue weighted by molar-refractivity contribution is -0.137. The first kappa shape index (κ1) is 21.6. The molecular weight excluding hydrogens is 449 g/mol. The summed E-state index contributed by atoms with van der Waals surface area (Å²) in [6, 6.07) is 19.5. The fourth-order valence-corrected chi connectivity index (χ4v) is 4.70. The van der Waals surface area contributed by atoms with E-state index in [0.717, 1.165) is 34.8 Å². The number of benzene rings is 3. The lowest BCUT2D eigenvalue weighted by Crippen LogP contribution is -2.27. The molecule has 168 valence electrons. The van der Waals surface area contributed by atoms with Gasteiger partial charge in [0.2, 0.25) is 0 Å². The number of fused-ring (bicyclic) bond motifs is 1. The van der Waals surface area contributed by atoms with E-state index in [1.54, 1.807) is 0 Å². The molecule has 0 bridgehead atoms. The average Bonchev–Trinajstić information content (AvgIpc) is 2.96. The van der Waals surface area contributed by atoms with Crippen molar-refractivity contribution in [2.24, 2.45) is 0 Å². The first-order valence-corrected chi connectivity index (χ1v) is 11.0. The molecule has 1 heterocycles. The van der Waals surface area contributed by atoms with Gasteiger partial charge in [-0.1, -0.05) is 48.0 Å². The highest BCUT2D eigenvalue weighted by Crippen LogP contribution is 2.44. The van der Waals surface area contributed by atoms with Crippen LogP contribution in [0.4, 0.5) is 24.5 Å². The third-order valence-corrected chi connectivity index (χ3v) is 6.47. The fraction of sp³-hybridized carbons (Fsp3) is 0.192. The summed E-state index contributed by atoms with van der Waals surface area (Å²) in [4.78, 5) is 13.4. The molecule has 0 unspecified atom stereocenters. The van der Waals surface area contributed by atoms with Gasteiger partial charge in [-0.3, -0.25) is 4.79 Å². The van der Waals surface area contributed by atoms with E-state index in [0.29, 0.717) is 29.0 Å². The number of alkyl halides is 3. The van der Waals surface area contributed by atoms with Crippen LogP contribution in [0.3, 0.4) is 0 Å². The van der Waals surface area contributed by atoms with Gasteiger partial charge in [0.15, 0.2) is 5.78 Å². The van der Waals surface area contributed by atoms with Crippen LogP contribution in [0.2, 0.25) is 5.02 Å². The lowest BCUT2D eigenvalue weighted by atomic mass is 9.78. The highest BCUT2D eigenvalue weighted by molar-refractivity contribution is 6.30. The van der Waals surface area contributed by atoms with Gasteiger partial charge >= 0.3 is 6.18 Å². The molecule has 0 fully saturated rings. The van der Waals surface area contributed by atoms with Crippen LogP contribution in [0.5, 0.6) is 0 Å². The van der Waals surface area contributed by atoms with Gasteiger partial charge in [0, 0.05) is 22.7 Å². The van der Waals surface area contributed by atoms with Crippen LogP contribution >= 0.6 is 11.6 Å². The second-order valence-corrected chi connectivity index (χ2v) is 8.78. The van der Waals surface area contributed by atoms with Gasteiger partial charge in [0.1, 0.15) is 0 Å². The number of hydrogen-bond donors (Lipinski definition) is 2. The van der Waals surface area contributed by atoms with Crippen molar-refractivity contribution in [2.45, 2.75) is 31.0 Å². The van der Waals surface area contributed by atoms with Crippen molar-refractivity contribution in [3.63, 3.8) is 0 Å². The molecule has 7 heteroatoms. The Morgan fingerprint density at radius 2 is 1.45 bits per heavy atom. The van der Waals surface area contributed by atoms with Crippen LogP contribution in [0.25, 0.3) is 0 Å². The van der Waals surface area contributed by atoms with Crippen LogP contribution in [-0.4, -0.2) is 5.78 Å². The quantitative estimate of drug-likeness (QED) is 0.413. The summed E-state index contributed by atoms with van der Waals surface area (Å²) in [5.41, 5.74) is 3.87. The molecule has 2 aliphatic rings. The number of Topliss-reactive ketones (excluding diaryl/α,β-unsaturated/α-hetero) is 1. The van der Waals surface area contributed by atoms with Gasteiger partial charge in [0.25, 0.3) is 0 Å². The zero-order valence-corrected chi connectivity index (χ0v) is 18.2. The number of carbonyl (C=O) groups is 1. The molecule has 3 aromatic carbocycles. The van der Waals surface area contributed by atoms with Crippen molar-refractivity contribution in [1.29, 1.82) is 0 Å². The summed E-state index contributed by atoms with van der Waals surface area (Å²) in [6.45, 7) is 0. The second-order valence-electron chi connectivity index (χ2n) is 8.34. The predicted octanol–water partition coefficient (Wildman–Crippen LogP) is 7.34. The fourth-order valence-electron chi connectivity index (χ4n) is 4.58. The molecular formula is C26H20ClF3N2O. The van der Waals surface area contributed by atoms with Crippen LogP contribution in [0.15, 0.2) is 84.1 Å². The van der Waals surface area contributed by atoms with Crippen molar-refractivity contribution < 1.29 is 18.0 Å². The van der Waals surface area contributed by atoms with Crippen molar-refractivity contribution >= 4 is 28.8 Å². The Hall–Kier alpha value is -3.25. The topological polar surface area (TPSA) is 41.1 Å². The van der Waals surface area contributed by atoms with Crippen molar-refractivity contribution in [3.05, 3.63) is 106 Å². The molecule has 3 nitrogen and oxygen atoms in total. The van der Waals surface area contributed by atoms with Gasteiger partial charge < -0.3 is 10.6 Å². The van der Waals surface area contributed by atoms with Gasteiger partial charge in [-0.25, -0.2) is 0 Å². The van der Waals surface area contributed by atoms with E-state index in [1.165, 1.54) is 12.1 Å². The number of anilines is 2. The van der Waals surface area contributed by atoms with Crippen molar-refractivity contribution in [1.82, 2.24) is 0 Å². The van der Waals surface area contributed by atoms with E-state index in [2.05, 4.69) is 10.6 Å². The average molecular weight is 469 g/mol. The monoisotopic (exact) mass is 468 g/mol. The summed E-state index contributed by atoms with van der Waals surface area (Å²) in [6.07, 6.45) is -3.49.